The van der Waals surface area contributed by atoms with Crippen LogP contribution in [0.3, 0.4) is 0 Å². The number of carbonyl (C=O) groups is 1. The summed E-state index contributed by atoms with van der Waals surface area (Å²) in [6.45, 7) is 9.21. The Morgan fingerprint density at radius 3 is 2.17 bits per heavy atom. The highest BCUT2D eigenvalue weighted by atomic mass is 16.2. The molecular formula is C14H27N3O. The highest BCUT2D eigenvalue weighted by Gasteiger charge is 2.30. The van der Waals surface area contributed by atoms with Crippen molar-refractivity contribution in [1.29, 1.82) is 0 Å². The van der Waals surface area contributed by atoms with Gasteiger partial charge < -0.3 is 9.80 Å². The van der Waals surface area contributed by atoms with Gasteiger partial charge in [-0.3, -0.25) is 9.69 Å². The SMILES string of the molecule is C[C@@H]1CCC[C@@H](C)N1C(=O)CN1CCN(C)CC1. The standard InChI is InChI=1S/C14H27N3O/c1-12-5-4-6-13(2)17(12)14(18)11-16-9-7-15(3)8-10-16/h12-13H,4-11H2,1-3H3/t12-,13-/m1/s1. The molecule has 0 radical (unpaired) electrons. The molecule has 2 fully saturated rings. The highest BCUT2D eigenvalue weighted by Crippen LogP contribution is 2.22. The smallest absolute Gasteiger partial charge is 0.237 e. The molecule has 4 nitrogen and oxygen atoms in total. The summed E-state index contributed by atoms with van der Waals surface area (Å²) in [7, 11) is 2.15. The number of nitrogens with zero attached hydrogens (tertiary/aromatic N) is 3. The number of rotatable bonds is 2. The van der Waals surface area contributed by atoms with Crippen LogP contribution in [0.2, 0.25) is 0 Å². The van der Waals surface area contributed by atoms with E-state index in [1.807, 2.05) is 0 Å². The predicted molar refractivity (Wildman–Crippen MR) is 73.6 cm³/mol. The van der Waals surface area contributed by atoms with Gasteiger partial charge in [0.2, 0.25) is 5.91 Å². The van der Waals surface area contributed by atoms with E-state index < -0.39 is 0 Å². The first-order valence-electron chi connectivity index (χ1n) is 7.30. The molecular weight excluding hydrogens is 226 g/mol. The maximum atomic E-state index is 12.4. The number of carbonyl (C=O) groups excluding carboxylic acids is 1. The minimum atomic E-state index is 0.333. The molecule has 18 heavy (non-hydrogen) atoms. The molecule has 104 valence electrons. The molecule has 2 atom stereocenters. The van der Waals surface area contributed by atoms with Gasteiger partial charge in [-0.25, -0.2) is 0 Å². The highest BCUT2D eigenvalue weighted by molar-refractivity contribution is 5.79. The van der Waals surface area contributed by atoms with Crippen molar-refractivity contribution >= 4 is 5.91 Å². The van der Waals surface area contributed by atoms with Gasteiger partial charge in [0.25, 0.3) is 0 Å². The zero-order chi connectivity index (χ0) is 13.1. The second-order valence-electron chi connectivity index (χ2n) is 6.01. The molecule has 4 heteroatoms. The minimum absolute atomic E-state index is 0.333. The van der Waals surface area contributed by atoms with Crippen LogP contribution in [0, 0.1) is 0 Å². The summed E-state index contributed by atoms with van der Waals surface area (Å²) in [4.78, 5) is 19.2. The second-order valence-corrected chi connectivity index (χ2v) is 6.01. The molecule has 0 saturated carbocycles. The lowest BCUT2D eigenvalue weighted by molar-refractivity contribution is -0.138. The van der Waals surface area contributed by atoms with Crippen molar-refractivity contribution in [1.82, 2.24) is 14.7 Å². The largest absolute Gasteiger partial charge is 0.336 e. The molecule has 0 aromatic carbocycles. The van der Waals surface area contributed by atoms with E-state index in [4.69, 9.17) is 0 Å². The van der Waals surface area contributed by atoms with Crippen LogP contribution >= 0.6 is 0 Å². The van der Waals surface area contributed by atoms with Crippen molar-refractivity contribution in [3.63, 3.8) is 0 Å². The maximum Gasteiger partial charge on any atom is 0.237 e. The summed E-state index contributed by atoms with van der Waals surface area (Å²) in [5, 5.41) is 0. The molecule has 0 N–H and O–H groups in total. The van der Waals surface area contributed by atoms with Gasteiger partial charge in [0, 0.05) is 38.3 Å². The van der Waals surface area contributed by atoms with E-state index in [2.05, 4.69) is 35.6 Å². The van der Waals surface area contributed by atoms with Gasteiger partial charge in [-0.1, -0.05) is 0 Å². The van der Waals surface area contributed by atoms with Crippen LogP contribution in [-0.2, 0) is 4.79 Å². The van der Waals surface area contributed by atoms with Crippen molar-refractivity contribution in [2.75, 3.05) is 39.8 Å². The van der Waals surface area contributed by atoms with Crippen molar-refractivity contribution < 1.29 is 4.79 Å². The summed E-state index contributed by atoms with van der Waals surface area (Å²) in [6, 6.07) is 0.849. The molecule has 0 aromatic heterocycles. The normalized spacial score (nSPS) is 31.6. The van der Waals surface area contributed by atoms with E-state index in [1.165, 1.54) is 19.3 Å². The molecule has 2 heterocycles. The minimum Gasteiger partial charge on any atom is -0.336 e. The number of likely N-dealkylation sites (N-methyl/N-ethyl adjacent to an activating group) is 1. The third kappa shape index (κ3) is 3.23. The average molecular weight is 253 g/mol. The van der Waals surface area contributed by atoms with Gasteiger partial charge in [0.1, 0.15) is 0 Å². The Kier molecular flexibility index (Phi) is 4.62. The van der Waals surface area contributed by atoms with Crippen molar-refractivity contribution in [2.24, 2.45) is 0 Å². The Bertz CT molecular complexity index is 277. The summed E-state index contributed by atoms with van der Waals surface area (Å²) in [5.74, 6) is 0.333. The van der Waals surface area contributed by atoms with Gasteiger partial charge in [-0.15, -0.1) is 0 Å². The van der Waals surface area contributed by atoms with Gasteiger partial charge in [0.05, 0.1) is 6.54 Å². The molecule has 0 unspecified atom stereocenters. The lowest BCUT2D eigenvalue weighted by atomic mass is 9.97. The molecule has 0 aliphatic carbocycles. The van der Waals surface area contributed by atoms with E-state index in [9.17, 15) is 4.79 Å². The van der Waals surface area contributed by atoms with Gasteiger partial charge in [0.15, 0.2) is 0 Å². The Morgan fingerprint density at radius 2 is 1.61 bits per heavy atom. The van der Waals surface area contributed by atoms with Crippen LogP contribution in [0.15, 0.2) is 0 Å². The lowest BCUT2D eigenvalue weighted by Gasteiger charge is -2.41. The fourth-order valence-corrected chi connectivity index (χ4v) is 3.19. The van der Waals surface area contributed by atoms with Gasteiger partial charge in [-0.2, -0.15) is 0 Å². The second kappa shape index (κ2) is 6.02. The lowest BCUT2D eigenvalue weighted by Crippen LogP contribution is -2.53. The summed E-state index contributed by atoms with van der Waals surface area (Å²) < 4.78 is 0. The molecule has 0 aromatic rings. The number of likely N-dealkylation sites (tertiary alicyclic amines) is 1. The first-order valence-corrected chi connectivity index (χ1v) is 7.30. The van der Waals surface area contributed by atoms with Crippen molar-refractivity contribution in [3.8, 4) is 0 Å². The summed E-state index contributed by atoms with van der Waals surface area (Å²) in [5.41, 5.74) is 0. The van der Waals surface area contributed by atoms with Crippen LogP contribution in [0.4, 0.5) is 0 Å². The van der Waals surface area contributed by atoms with Crippen molar-refractivity contribution in [3.05, 3.63) is 0 Å². The molecule has 2 aliphatic rings. The average Bonchev–Trinajstić information content (AvgIpc) is 2.32. The number of amides is 1. The quantitative estimate of drug-likeness (QED) is 0.735. The Hall–Kier alpha value is -0.610. The van der Waals surface area contributed by atoms with Crippen LogP contribution in [0.5, 0.6) is 0 Å². The zero-order valence-corrected chi connectivity index (χ0v) is 12.1. The molecule has 1 amide bonds. The third-order valence-electron chi connectivity index (χ3n) is 4.44. The van der Waals surface area contributed by atoms with Gasteiger partial charge in [-0.05, 0) is 40.2 Å². The molecule has 0 spiro atoms. The van der Waals surface area contributed by atoms with Crippen molar-refractivity contribution in [2.45, 2.75) is 45.2 Å². The Labute approximate surface area is 111 Å². The fourth-order valence-electron chi connectivity index (χ4n) is 3.19. The van der Waals surface area contributed by atoms with E-state index >= 15 is 0 Å². The fraction of sp³-hybridized carbons (Fsp3) is 0.929. The van der Waals surface area contributed by atoms with E-state index in [0.29, 0.717) is 24.5 Å². The number of piperidine rings is 1. The number of piperazine rings is 1. The van der Waals surface area contributed by atoms with E-state index in [-0.39, 0.29) is 0 Å². The molecule has 2 saturated heterocycles. The molecule has 2 rings (SSSR count). The van der Waals surface area contributed by atoms with E-state index in [0.717, 1.165) is 26.2 Å². The summed E-state index contributed by atoms with van der Waals surface area (Å²) >= 11 is 0. The zero-order valence-electron chi connectivity index (χ0n) is 12.1. The first-order chi connectivity index (χ1) is 8.58. The van der Waals surface area contributed by atoms with Crippen LogP contribution in [0.1, 0.15) is 33.1 Å². The van der Waals surface area contributed by atoms with Crippen LogP contribution < -0.4 is 0 Å². The van der Waals surface area contributed by atoms with Gasteiger partial charge >= 0.3 is 0 Å². The summed E-state index contributed by atoms with van der Waals surface area (Å²) in [6.07, 6.45) is 3.60. The molecule has 0 bridgehead atoms. The van der Waals surface area contributed by atoms with Crippen LogP contribution in [-0.4, -0.2) is 72.5 Å². The van der Waals surface area contributed by atoms with Crippen LogP contribution in [0.25, 0.3) is 0 Å². The third-order valence-corrected chi connectivity index (χ3v) is 4.44. The number of hydrogen-bond donors (Lipinski definition) is 0. The molecule has 2 aliphatic heterocycles. The monoisotopic (exact) mass is 253 g/mol. The predicted octanol–water partition coefficient (Wildman–Crippen LogP) is 1.02. The van der Waals surface area contributed by atoms with E-state index in [1.54, 1.807) is 0 Å². The topological polar surface area (TPSA) is 26.8 Å². The Morgan fingerprint density at radius 1 is 1.06 bits per heavy atom. The number of hydrogen-bond acceptors (Lipinski definition) is 3. The first kappa shape index (κ1) is 13.8. The Balaban J connectivity index is 1.86. The maximum absolute atomic E-state index is 12.4.